The molecule has 0 spiro atoms. The Bertz CT molecular complexity index is 1840. The minimum Gasteiger partial charge on any atom is -0.479 e. The van der Waals surface area contributed by atoms with Gasteiger partial charge in [0, 0.05) is 12.8 Å². The third-order valence-corrected chi connectivity index (χ3v) is 13.0. The number of aliphatic hydroxyl groups excluding tert-OH is 2. The molecule has 6 atom stereocenters. The molecule has 3 N–H and O–H groups in total. The molecule has 1 heterocycles. The SMILES string of the molecule is CC/C=C\C/C=C\C/C=C\C/C=C\C/C=C\CC(=O)OC1C(OCC(COC(=O)CCCCCCCCC/C=C\C/C=C\C/C=C\CC)OC(=O)CCCCCCCCC/C=C\C/C=C\CCCCC)OC(C(=O)O)C(O)C1O. The van der Waals surface area contributed by atoms with E-state index in [0.29, 0.717) is 19.3 Å². The van der Waals surface area contributed by atoms with Gasteiger partial charge in [-0.2, -0.15) is 0 Å². The van der Waals surface area contributed by atoms with E-state index < -0.39 is 67.3 Å². The molecule has 0 aliphatic carbocycles. The zero-order valence-corrected chi connectivity index (χ0v) is 49.1. The molecule has 1 saturated heterocycles. The van der Waals surface area contributed by atoms with Crippen molar-refractivity contribution in [3.8, 4) is 0 Å². The maximum absolute atomic E-state index is 13.2. The summed E-state index contributed by atoms with van der Waals surface area (Å²) in [6.45, 7) is 5.68. The summed E-state index contributed by atoms with van der Waals surface area (Å²) < 4.78 is 28.3. The lowest BCUT2D eigenvalue weighted by atomic mass is 9.98. The number of unbranched alkanes of at least 4 members (excludes halogenated alkanes) is 17. The molecule has 79 heavy (non-hydrogen) atoms. The van der Waals surface area contributed by atoms with E-state index in [9.17, 15) is 34.5 Å². The second-order valence-electron chi connectivity index (χ2n) is 20.2. The third kappa shape index (κ3) is 43.6. The van der Waals surface area contributed by atoms with E-state index in [1.54, 1.807) is 12.2 Å². The van der Waals surface area contributed by atoms with Crippen molar-refractivity contribution in [1.82, 2.24) is 0 Å². The van der Waals surface area contributed by atoms with Crippen LogP contribution in [0.15, 0.2) is 122 Å². The Morgan fingerprint density at radius 1 is 0.443 bits per heavy atom. The van der Waals surface area contributed by atoms with Crippen molar-refractivity contribution in [2.45, 2.75) is 263 Å². The summed E-state index contributed by atoms with van der Waals surface area (Å²) >= 11 is 0. The van der Waals surface area contributed by atoms with Crippen LogP contribution < -0.4 is 0 Å². The maximum Gasteiger partial charge on any atom is 0.335 e. The molecule has 6 unspecified atom stereocenters. The summed E-state index contributed by atoms with van der Waals surface area (Å²) in [5.74, 6) is -3.32. The average molecular weight is 1100 g/mol. The first-order chi connectivity index (χ1) is 38.6. The van der Waals surface area contributed by atoms with Crippen molar-refractivity contribution < 1.29 is 58.2 Å². The molecule has 12 heteroatoms. The van der Waals surface area contributed by atoms with Crippen LogP contribution in [0.2, 0.25) is 0 Å². The lowest BCUT2D eigenvalue weighted by Crippen LogP contribution is -2.61. The van der Waals surface area contributed by atoms with Crippen molar-refractivity contribution in [3.63, 3.8) is 0 Å². The summed E-state index contributed by atoms with van der Waals surface area (Å²) in [5, 5.41) is 31.5. The number of aliphatic carboxylic acids is 1. The molecule has 1 rings (SSSR count). The molecule has 1 aliphatic heterocycles. The molecule has 0 saturated carbocycles. The van der Waals surface area contributed by atoms with Crippen LogP contribution in [0.3, 0.4) is 0 Å². The first-order valence-electron chi connectivity index (χ1n) is 30.5. The summed E-state index contributed by atoms with van der Waals surface area (Å²) in [6, 6.07) is 0. The van der Waals surface area contributed by atoms with E-state index in [-0.39, 0.29) is 25.9 Å². The minimum atomic E-state index is -1.94. The molecule has 0 radical (unpaired) electrons. The van der Waals surface area contributed by atoms with E-state index in [4.69, 9.17) is 23.7 Å². The Kier molecular flexibility index (Phi) is 49.1. The van der Waals surface area contributed by atoms with Crippen LogP contribution in [0, 0.1) is 0 Å². The highest BCUT2D eigenvalue weighted by Gasteiger charge is 2.50. The number of hydrogen-bond acceptors (Lipinski definition) is 11. The Morgan fingerprint density at radius 3 is 1.28 bits per heavy atom. The molecule has 0 aromatic heterocycles. The van der Waals surface area contributed by atoms with E-state index in [0.717, 1.165) is 141 Å². The van der Waals surface area contributed by atoms with Crippen LogP contribution in [0.4, 0.5) is 0 Å². The van der Waals surface area contributed by atoms with Gasteiger partial charge in [-0.1, -0.05) is 219 Å². The molecule has 0 aromatic carbocycles. The van der Waals surface area contributed by atoms with Gasteiger partial charge in [0.15, 0.2) is 24.6 Å². The van der Waals surface area contributed by atoms with Gasteiger partial charge in [0.05, 0.1) is 13.0 Å². The van der Waals surface area contributed by atoms with Crippen molar-refractivity contribution >= 4 is 23.9 Å². The van der Waals surface area contributed by atoms with Gasteiger partial charge in [-0.25, -0.2) is 4.79 Å². The van der Waals surface area contributed by atoms with E-state index >= 15 is 0 Å². The smallest absolute Gasteiger partial charge is 0.335 e. The first kappa shape index (κ1) is 72.1. The minimum absolute atomic E-state index is 0.135. The number of allylic oxidation sites excluding steroid dienone is 19. The number of carbonyl (C=O) groups is 4. The van der Waals surface area contributed by atoms with Gasteiger partial charge in [-0.15, -0.1) is 0 Å². The summed E-state index contributed by atoms with van der Waals surface area (Å²) in [6.07, 6.45) is 61.8. The Morgan fingerprint density at radius 2 is 0.835 bits per heavy atom. The molecule has 0 bridgehead atoms. The van der Waals surface area contributed by atoms with Crippen molar-refractivity contribution in [2.24, 2.45) is 0 Å². The number of carboxylic acids is 1. The van der Waals surface area contributed by atoms with Crippen LogP contribution in [0.25, 0.3) is 0 Å². The molecule has 1 fully saturated rings. The number of rotatable bonds is 50. The van der Waals surface area contributed by atoms with Crippen molar-refractivity contribution in [2.75, 3.05) is 13.2 Å². The highest BCUT2D eigenvalue weighted by Crippen LogP contribution is 2.26. The van der Waals surface area contributed by atoms with E-state index in [1.807, 2.05) is 12.2 Å². The summed E-state index contributed by atoms with van der Waals surface area (Å²) in [5.41, 5.74) is 0. The second-order valence-corrected chi connectivity index (χ2v) is 20.2. The van der Waals surface area contributed by atoms with Crippen LogP contribution in [-0.2, 0) is 42.9 Å². The third-order valence-electron chi connectivity index (χ3n) is 13.0. The highest BCUT2D eigenvalue weighted by molar-refractivity contribution is 5.74. The topological polar surface area (TPSA) is 175 Å². The van der Waals surface area contributed by atoms with Gasteiger partial charge in [0.25, 0.3) is 0 Å². The zero-order valence-electron chi connectivity index (χ0n) is 49.1. The monoisotopic (exact) mass is 1100 g/mol. The second kappa shape index (κ2) is 53.7. The Labute approximate surface area is 478 Å². The van der Waals surface area contributed by atoms with E-state index in [2.05, 4.69) is 118 Å². The fraction of sp³-hybridized carbons (Fsp3) is 0.642. The van der Waals surface area contributed by atoms with Crippen molar-refractivity contribution in [3.05, 3.63) is 122 Å². The van der Waals surface area contributed by atoms with Crippen molar-refractivity contribution in [1.29, 1.82) is 0 Å². The quantitative estimate of drug-likeness (QED) is 0.0228. The average Bonchev–Trinajstić information content (AvgIpc) is 3.43. The molecule has 446 valence electrons. The maximum atomic E-state index is 13.2. The van der Waals surface area contributed by atoms with Crippen LogP contribution in [0.1, 0.15) is 226 Å². The molecule has 12 nitrogen and oxygen atoms in total. The van der Waals surface area contributed by atoms with Gasteiger partial charge >= 0.3 is 23.9 Å². The van der Waals surface area contributed by atoms with Gasteiger partial charge in [-0.05, 0) is 109 Å². The van der Waals surface area contributed by atoms with Gasteiger partial charge in [-0.3, -0.25) is 14.4 Å². The Balaban J connectivity index is 2.75. The molecular weight excluding hydrogens is 997 g/mol. The van der Waals surface area contributed by atoms with Gasteiger partial charge in [0.2, 0.25) is 0 Å². The van der Waals surface area contributed by atoms with Gasteiger partial charge < -0.3 is 39.0 Å². The van der Waals surface area contributed by atoms with Crippen LogP contribution >= 0.6 is 0 Å². The lowest BCUT2D eigenvalue weighted by molar-refractivity contribution is -0.301. The first-order valence-corrected chi connectivity index (χ1v) is 30.5. The molecule has 0 amide bonds. The fourth-order valence-electron chi connectivity index (χ4n) is 8.43. The number of ether oxygens (including phenoxy) is 5. The fourth-order valence-corrected chi connectivity index (χ4v) is 8.43. The summed E-state index contributed by atoms with van der Waals surface area (Å²) in [4.78, 5) is 51.2. The molecule has 1 aliphatic rings. The summed E-state index contributed by atoms with van der Waals surface area (Å²) in [7, 11) is 0. The number of aliphatic hydroxyl groups is 2. The Hall–Kier alpha value is -4.88. The molecular formula is C67H106O12. The number of esters is 3. The lowest BCUT2D eigenvalue weighted by Gasteiger charge is -2.40. The number of carboxylic acid groups (broad SMARTS) is 1. The molecule has 0 aromatic rings. The predicted molar refractivity (Wildman–Crippen MR) is 321 cm³/mol. The van der Waals surface area contributed by atoms with Crippen LogP contribution in [0.5, 0.6) is 0 Å². The standard InChI is InChI=1S/C67H106O12/c1-4-7-10-13-16-19-22-25-28-30-33-35-38-41-44-47-50-53-59(68)75-56-58(77-60(69)54-51-48-45-42-39-37-34-31-29-26-23-20-17-14-11-8-5-2)57-76-67-65(63(72)62(71)64(79-67)66(73)74)78-61(70)55-52-49-46-43-40-36-32-27-24-21-18-15-12-9-6-3/h7,9-10,12,16-21,25-29,32,40,43,49,52,58,62-65,67,71-72H,4-6,8,11,13-15,22-24,30-31,33-39,41-42,44-48,50-51,53-57H2,1-3H3,(H,73,74)/b10-7-,12-9-,19-16-,20-17-,21-18-,28-25-,29-26-,32-27-,43-40-,52-49-. The van der Waals surface area contributed by atoms with Crippen LogP contribution in [-0.4, -0.2) is 89.2 Å². The highest BCUT2D eigenvalue weighted by atomic mass is 16.7. The number of hydrogen-bond donors (Lipinski definition) is 3. The van der Waals surface area contributed by atoms with Gasteiger partial charge in [0.1, 0.15) is 18.8 Å². The largest absolute Gasteiger partial charge is 0.479 e. The number of carbonyl (C=O) groups excluding carboxylic acids is 3. The van der Waals surface area contributed by atoms with E-state index in [1.165, 1.54) is 25.7 Å². The zero-order chi connectivity index (χ0) is 57.5. The predicted octanol–water partition coefficient (Wildman–Crippen LogP) is 16.0. The normalized spacial score (nSPS) is 18.7.